The number of hydrogen-bond acceptors (Lipinski definition) is 5. The maximum absolute atomic E-state index is 12.1. The Labute approximate surface area is 179 Å². The normalized spacial score (nSPS) is 19.6. The van der Waals surface area contributed by atoms with Gasteiger partial charge in [-0.05, 0) is 79.9 Å². The van der Waals surface area contributed by atoms with E-state index in [0.29, 0.717) is 5.92 Å². The van der Waals surface area contributed by atoms with Gasteiger partial charge in [0.05, 0.1) is 22.6 Å². The van der Waals surface area contributed by atoms with Gasteiger partial charge in [-0.3, -0.25) is 4.98 Å². The maximum Gasteiger partial charge on any atom is 0.407 e. The van der Waals surface area contributed by atoms with E-state index in [1.165, 1.54) is 0 Å². The first-order valence-corrected chi connectivity index (χ1v) is 10.7. The summed E-state index contributed by atoms with van der Waals surface area (Å²) in [5.74, 6) is 1.27. The molecule has 0 radical (unpaired) electrons. The largest absolute Gasteiger partial charge is 0.444 e. The van der Waals surface area contributed by atoms with Crippen LogP contribution < -0.4 is 10.6 Å². The summed E-state index contributed by atoms with van der Waals surface area (Å²) >= 11 is 0. The molecule has 0 saturated heterocycles. The first-order chi connectivity index (χ1) is 13.9. The molecule has 2 atom stereocenters. The predicted molar refractivity (Wildman–Crippen MR) is 119 cm³/mol. The number of nitrogens with one attached hydrogen (secondary N) is 2. The van der Waals surface area contributed by atoms with E-state index >= 15 is 0 Å². The summed E-state index contributed by atoms with van der Waals surface area (Å²) in [6, 6.07) is 6.20. The Hall–Kier alpha value is -2.57. The molecule has 164 valence electrons. The van der Waals surface area contributed by atoms with Crippen molar-refractivity contribution in [3.63, 3.8) is 0 Å². The highest BCUT2D eigenvalue weighted by Crippen LogP contribution is 2.37. The molecular formula is C23H35N5O2. The number of carbonyl (C=O) groups excluding carboxylic acids is 1. The maximum atomic E-state index is 12.1. The lowest BCUT2D eigenvalue weighted by Gasteiger charge is -2.23. The van der Waals surface area contributed by atoms with E-state index in [-0.39, 0.29) is 17.7 Å². The van der Waals surface area contributed by atoms with Gasteiger partial charge in [-0.25, -0.2) is 9.48 Å². The fourth-order valence-corrected chi connectivity index (χ4v) is 3.81. The molecule has 2 heterocycles. The van der Waals surface area contributed by atoms with E-state index in [4.69, 9.17) is 9.84 Å². The molecule has 7 nitrogen and oxygen atoms in total. The molecular weight excluding hydrogens is 378 g/mol. The Morgan fingerprint density at radius 1 is 1.20 bits per heavy atom. The zero-order valence-electron chi connectivity index (χ0n) is 19.2. The monoisotopic (exact) mass is 413 g/mol. The van der Waals surface area contributed by atoms with E-state index < -0.39 is 5.60 Å². The molecule has 1 aliphatic carbocycles. The van der Waals surface area contributed by atoms with E-state index in [2.05, 4.69) is 42.5 Å². The Balaban J connectivity index is 1.75. The van der Waals surface area contributed by atoms with Crippen LogP contribution in [-0.4, -0.2) is 32.5 Å². The SMILES string of the molecule is Cc1ncccc1Nc1cc([C@H]2CC[C@@H](NC(=O)OC(C)(C)C)C2)nn1C(C)(C)C. The molecule has 1 fully saturated rings. The van der Waals surface area contributed by atoms with Gasteiger partial charge in [0.1, 0.15) is 11.4 Å². The van der Waals surface area contributed by atoms with Crippen LogP contribution in [0.3, 0.4) is 0 Å². The highest BCUT2D eigenvalue weighted by atomic mass is 16.6. The van der Waals surface area contributed by atoms with Gasteiger partial charge >= 0.3 is 6.09 Å². The van der Waals surface area contributed by atoms with Crippen LogP contribution in [0.5, 0.6) is 0 Å². The van der Waals surface area contributed by atoms with Crippen molar-refractivity contribution in [1.29, 1.82) is 0 Å². The molecule has 30 heavy (non-hydrogen) atoms. The van der Waals surface area contributed by atoms with E-state index in [1.807, 2.05) is 44.5 Å². The van der Waals surface area contributed by atoms with Crippen molar-refractivity contribution < 1.29 is 9.53 Å². The summed E-state index contributed by atoms with van der Waals surface area (Å²) in [4.78, 5) is 16.5. The highest BCUT2D eigenvalue weighted by Gasteiger charge is 2.31. The zero-order chi connectivity index (χ0) is 22.1. The molecule has 1 amide bonds. The second kappa shape index (κ2) is 8.28. The van der Waals surface area contributed by atoms with E-state index in [1.54, 1.807) is 6.20 Å². The second-order valence-corrected chi connectivity index (χ2v) is 10.2. The molecule has 7 heteroatoms. The molecule has 2 aromatic heterocycles. The summed E-state index contributed by atoms with van der Waals surface area (Å²) in [7, 11) is 0. The van der Waals surface area contributed by atoms with Gasteiger partial charge in [-0.1, -0.05) is 0 Å². The molecule has 1 saturated carbocycles. The average Bonchev–Trinajstić information content (AvgIpc) is 3.21. The summed E-state index contributed by atoms with van der Waals surface area (Å²) in [5.41, 5.74) is 2.33. The van der Waals surface area contributed by atoms with Crippen molar-refractivity contribution in [2.75, 3.05) is 5.32 Å². The Bertz CT molecular complexity index is 892. The molecule has 0 spiro atoms. The number of amides is 1. The van der Waals surface area contributed by atoms with Crippen LogP contribution >= 0.6 is 0 Å². The van der Waals surface area contributed by atoms with Crippen molar-refractivity contribution in [3.05, 3.63) is 35.8 Å². The van der Waals surface area contributed by atoms with Crippen LogP contribution in [0.25, 0.3) is 0 Å². The number of carbonyl (C=O) groups is 1. The van der Waals surface area contributed by atoms with Crippen LogP contribution in [0.2, 0.25) is 0 Å². The van der Waals surface area contributed by atoms with Crippen LogP contribution in [0.15, 0.2) is 24.4 Å². The number of anilines is 2. The van der Waals surface area contributed by atoms with Gasteiger partial charge in [0.25, 0.3) is 0 Å². The second-order valence-electron chi connectivity index (χ2n) is 10.2. The number of rotatable bonds is 4. The van der Waals surface area contributed by atoms with Crippen molar-refractivity contribution in [3.8, 4) is 0 Å². The topological polar surface area (TPSA) is 81.1 Å². The Morgan fingerprint density at radius 2 is 1.93 bits per heavy atom. The standard InChI is InChI=1S/C23H35N5O2/c1-15-18(9-8-12-24-15)26-20-14-19(27-28(20)22(2,3)4)16-10-11-17(13-16)25-21(29)30-23(5,6)7/h8-9,12,14,16-17,26H,10-11,13H2,1-7H3,(H,25,29)/t16-,17+/m0/s1. The van der Waals surface area contributed by atoms with Gasteiger partial charge in [0.15, 0.2) is 0 Å². The van der Waals surface area contributed by atoms with Crippen LogP contribution in [0, 0.1) is 6.92 Å². The van der Waals surface area contributed by atoms with Crippen LogP contribution in [0.4, 0.5) is 16.3 Å². The number of ether oxygens (including phenoxy) is 1. The van der Waals surface area contributed by atoms with Gasteiger partial charge in [0, 0.05) is 24.2 Å². The minimum atomic E-state index is -0.488. The summed E-state index contributed by atoms with van der Waals surface area (Å²) < 4.78 is 7.45. The van der Waals surface area contributed by atoms with E-state index in [0.717, 1.165) is 42.2 Å². The van der Waals surface area contributed by atoms with Crippen LogP contribution in [0.1, 0.15) is 78.1 Å². The first-order valence-electron chi connectivity index (χ1n) is 10.7. The Morgan fingerprint density at radius 3 is 2.57 bits per heavy atom. The number of alkyl carbamates (subject to hydrolysis) is 1. The Kier molecular flexibility index (Phi) is 6.11. The minimum absolute atomic E-state index is 0.113. The number of aryl methyl sites for hydroxylation is 1. The molecule has 0 aliphatic heterocycles. The van der Waals surface area contributed by atoms with Crippen molar-refractivity contribution >= 4 is 17.6 Å². The third kappa shape index (κ3) is 5.52. The van der Waals surface area contributed by atoms with Gasteiger partial charge < -0.3 is 15.4 Å². The zero-order valence-corrected chi connectivity index (χ0v) is 19.2. The van der Waals surface area contributed by atoms with Gasteiger partial charge in [0.2, 0.25) is 0 Å². The summed E-state index contributed by atoms with van der Waals surface area (Å²) in [6.07, 6.45) is 4.24. The fourth-order valence-electron chi connectivity index (χ4n) is 3.81. The third-order valence-electron chi connectivity index (χ3n) is 5.21. The molecule has 0 unspecified atom stereocenters. The summed E-state index contributed by atoms with van der Waals surface area (Å²) in [6.45, 7) is 14.1. The highest BCUT2D eigenvalue weighted by molar-refractivity contribution is 5.68. The number of nitrogens with zero attached hydrogens (tertiary/aromatic N) is 3. The number of hydrogen-bond donors (Lipinski definition) is 2. The molecule has 3 rings (SSSR count). The van der Waals surface area contributed by atoms with Gasteiger partial charge in [-0.15, -0.1) is 0 Å². The number of pyridine rings is 1. The molecule has 2 N–H and O–H groups in total. The minimum Gasteiger partial charge on any atom is -0.444 e. The average molecular weight is 414 g/mol. The lowest BCUT2D eigenvalue weighted by atomic mass is 10.0. The molecule has 0 aromatic carbocycles. The third-order valence-corrected chi connectivity index (χ3v) is 5.21. The lowest BCUT2D eigenvalue weighted by Crippen LogP contribution is -2.37. The van der Waals surface area contributed by atoms with Crippen molar-refractivity contribution in [2.24, 2.45) is 0 Å². The first kappa shape index (κ1) is 22.1. The smallest absolute Gasteiger partial charge is 0.407 e. The van der Waals surface area contributed by atoms with Crippen LogP contribution in [-0.2, 0) is 10.3 Å². The molecule has 2 aromatic rings. The quantitative estimate of drug-likeness (QED) is 0.716. The lowest BCUT2D eigenvalue weighted by molar-refractivity contribution is 0.0505. The van der Waals surface area contributed by atoms with E-state index in [9.17, 15) is 4.79 Å². The van der Waals surface area contributed by atoms with Crippen molar-refractivity contribution in [1.82, 2.24) is 20.1 Å². The molecule has 1 aliphatic rings. The number of aromatic nitrogens is 3. The molecule has 0 bridgehead atoms. The van der Waals surface area contributed by atoms with Crippen molar-refractivity contribution in [2.45, 2.75) is 90.8 Å². The summed E-state index contributed by atoms with van der Waals surface area (Å²) in [5, 5.41) is 11.5. The predicted octanol–water partition coefficient (Wildman–Crippen LogP) is 5.25. The fraction of sp³-hybridized carbons (Fsp3) is 0.609. The van der Waals surface area contributed by atoms with Gasteiger partial charge in [-0.2, -0.15) is 5.10 Å².